The number of halogens is 3. The molecule has 3 rings (SSSR count). The van der Waals surface area contributed by atoms with Gasteiger partial charge >= 0.3 is 6.18 Å². The molecule has 2 aromatic rings. The van der Waals surface area contributed by atoms with Crippen LogP contribution in [0.3, 0.4) is 0 Å². The summed E-state index contributed by atoms with van der Waals surface area (Å²) >= 11 is 0. The number of alkyl halides is 3. The van der Waals surface area contributed by atoms with Crippen molar-refractivity contribution in [2.75, 3.05) is 12.4 Å². The second-order valence-electron chi connectivity index (χ2n) is 6.13. The number of pyridine rings is 1. The number of amides is 1. The molecule has 1 aromatic carbocycles. The molecule has 0 spiro atoms. The van der Waals surface area contributed by atoms with E-state index in [9.17, 15) is 22.8 Å². The Morgan fingerprint density at radius 3 is 2.77 bits per heavy atom. The molecule has 0 aliphatic heterocycles. The lowest BCUT2D eigenvalue weighted by Crippen LogP contribution is -2.28. The summed E-state index contributed by atoms with van der Waals surface area (Å²) in [5.41, 5.74) is -0.461. The Labute approximate surface area is 147 Å². The van der Waals surface area contributed by atoms with E-state index in [0.29, 0.717) is 24.4 Å². The van der Waals surface area contributed by atoms with E-state index in [0.717, 1.165) is 24.0 Å². The monoisotopic (exact) mass is 366 g/mol. The highest BCUT2D eigenvalue weighted by Gasteiger charge is 2.32. The lowest BCUT2D eigenvalue weighted by molar-refractivity contribution is -0.137. The Bertz CT molecular complexity index is 890. The van der Waals surface area contributed by atoms with Gasteiger partial charge in [0, 0.05) is 6.20 Å². The predicted molar refractivity (Wildman–Crippen MR) is 89.4 cm³/mol. The molecule has 8 heteroatoms. The number of hydrogen-bond donors (Lipinski definition) is 2. The quantitative estimate of drug-likeness (QED) is 0.874. The fourth-order valence-corrected chi connectivity index (χ4v) is 3.14. The summed E-state index contributed by atoms with van der Waals surface area (Å²) in [6.07, 6.45) is -1.90. The van der Waals surface area contributed by atoms with E-state index in [1.807, 2.05) is 11.1 Å². The molecule has 1 aliphatic carbocycles. The van der Waals surface area contributed by atoms with E-state index in [1.165, 1.54) is 7.11 Å². The first-order chi connectivity index (χ1) is 12.3. The topological polar surface area (TPSA) is 71.2 Å². The molecule has 1 unspecified atom stereocenters. The number of rotatable bonds is 3. The highest BCUT2D eigenvalue weighted by molar-refractivity contribution is 5.96. The van der Waals surface area contributed by atoms with E-state index in [4.69, 9.17) is 4.74 Å². The summed E-state index contributed by atoms with van der Waals surface area (Å²) < 4.78 is 43.7. The molecular weight excluding hydrogens is 349 g/mol. The fraction of sp³-hybridized carbons (Fsp3) is 0.333. The number of anilines is 1. The third kappa shape index (κ3) is 3.58. The first-order valence-corrected chi connectivity index (χ1v) is 8.07. The van der Waals surface area contributed by atoms with Crippen LogP contribution in [0.2, 0.25) is 0 Å². The van der Waals surface area contributed by atoms with Crippen molar-refractivity contribution in [3.8, 4) is 5.75 Å². The average Bonchev–Trinajstić information content (AvgIpc) is 2.61. The van der Waals surface area contributed by atoms with Crippen LogP contribution in [-0.4, -0.2) is 18.0 Å². The number of ether oxygens (including phenoxy) is 1. The highest BCUT2D eigenvalue weighted by Crippen LogP contribution is 2.35. The molecule has 1 atom stereocenters. The molecule has 138 valence electrons. The van der Waals surface area contributed by atoms with Crippen LogP contribution in [0.4, 0.5) is 18.9 Å². The van der Waals surface area contributed by atoms with E-state index in [-0.39, 0.29) is 0 Å². The maximum atomic E-state index is 12.8. The van der Waals surface area contributed by atoms with Crippen LogP contribution in [0, 0.1) is 0 Å². The van der Waals surface area contributed by atoms with Gasteiger partial charge in [0.25, 0.3) is 5.56 Å². The molecule has 0 bridgehead atoms. The molecule has 1 heterocycles. The summed E-state index contributed by atoms with van der Waals surface area (Å²) in [6, 6.07) is 6.09. The Balaban J connectivity index is 1.90. The lowest BCUT2D eigenvalue weighted by atomic mass is 9.82. The minimum absolute atomic E-state index is 0.417. The normalized spacial score (nSPS) is 16.7. The first kappa shape index (κ1) is 18.0. The zero-order chi connectivity index (χ0) is 18.9. The number of H-pyrrole nitrogens is 1. The zero-order valence-electron chi connectivity index (χ0n) is 13.9. The van der Waals surface area contributed by atoms with Gasteiger partial charge in [-0.2, -0.15) is 13.2 Å². The van der Waals surface area contributed by atoms with E-state index in [1.54, 1.807) is 12.1 Å². The Morgan fingerprint density at radius 2 is 2.08 bits per heavy atom. The minimum atomic E-state index is -4.62. The smallest absolute Gasteiger partial charge is 0.417 e. The number of aromatic amines is 1. The van der Waals surface area contributed by atoms with Crippen LogP contribution in [0.1, 0.15) is 35.4 Å². The van der Waals surface area contributed by atoms with Crippen LogP contribution in [-0.2, 0) is 17.4 Å². The van der Waals surface area contributed by atoms with Crippen molar-refractivity contribution in [1.29, 1.82) is 0 Å². The number of aryl methyl sites for hydroxylation is 1. The summed E-state index contributed by atoms with van der Waals surface area (Å²) in [5.74, 6) is -0.466. The van der Waals surface area contributed by atoms with Crippen LogP contribution in [0.25, 0.3) is 0 Å². The zero-order valence-corrected chi connectivity index (χ0v) is 13.9. The second-order valence-corrected chi connectivity index (χ2v) is 6.13. The van der Waals surface area contributed by atoms with Gasteiger partial charge in [-0.3, -0.25) is 9.59 Å². The molecule has 5 nitrogen and oxygen atoms in total. The van der Waals surface area contributed by atoms with Crippen molar-refractivity contribution >= 4 is 11.6 Å². The van der Waals surface area contributed by atoms with Crippen molar-refractivity contribution in [3.05, 3.63) is 57.5 Å². The SMILES string of the molecule is COc1ccc2c(c1)C(C(=O)Nc1cc(C(F)(F)F)c[nH]c1=O)CCC2. The van der Waals surface area contributed by atoms with Gasteiger partial charge in [-0.25, -0.2) is 0 Å². The molecule has 0 radical (unpaired) electrons. The van der Waals surface area contributed by atoms with Gasteiger partial charge in [-0.1, -0.05) is 6.07 Å². The number of benzene rings is 1. The number of hydrogen-bond acceptors (Lipinski definition) is 3. The Hall–Kier alpha value is -2.77. The number of nitrogens with one attached hydrogen (secondary N) is 2. The average molecular weight is 366 g/mol. The van der Waals surface area contributed by atoms with Crippen LogP contribution in [0.5, 0.6) is 5.75 Å². The molecule has 2 N–H and O–H groups in total. The molecule has 1 aliphatic rings. The largest absolute Gasteiger partial charge is 0.497 e. The van der Waals surface area contributed by atoms with Gasteiger partial charge in [0.2, 0.25) is 5.91 Å². The van der Waals surface area contributed by atoms with Gasteiger partial charge in [0.1, 0.15) is 11.4 Å². The number of carbonyl (C=O) groups excluding carboxylic acids is 1. The number of methoxy groups -OCH3 is 1. The number of aromatic nitrogens is 1. The van der Waals surface area contributed by atoms with Gasteiger partial charge in [-0.15, -0.1) is 0 Å². The second kappa shape index (κ2) is 6.86. The van der Waals surface area contributed by atoms with Crippen molar-refractivity contribution in [3.63, 3.8) is 0 Å². The Morgan fingerprint density at radius 1 is 1.31 bits per heavy atom. The maximum Gasteiger partial charge on any atom is 0.417 e. The highest BCUT2D eigenvalue weighted by atomic mass is 19.4. The standard InChI is InChI=1S/C18H17F3N2O3/c1-26-12-6-5-10-3-2-4-13(14(10)8-12)16(24)23-15-7-11(18(19,20)21)9-22-17(15)25/h5-9,13H,2-4H2,1H3,(H,22,25)(H,23,24). The van der Waals surface area contributed by atoms with Gasteiger partial charge in [-0.05, 0) is 48.6 Å². The summed E-state index contributed by atoms with van der Waals surface area (Å²) in [5, 5.41) is 2.35. The summed E-state index contributed by atoms with van der Waals surface area (Å²) in [7, 11) is 1.52. The van der Waals surface area contributed by atoms with E-state index in [2.05, 4.69) is 5.32 Å². The van der Waals surface area contributed by atoms with Crippen LogP contribution < -0.4 is 15.6 Å². The van der Waals surface area contributed by atoms with Crippen molar-refractivity contribution in [2.45, 2.75) is 31.4 Å². The number of fused-ring (bicyclic) bond motifs is 1. The first-order valence-electron chi connectivity index (χ1n) is 8.07. The predicted octanol–water partition coefficient (Wildman–Crippen LogP) is 3.46. The molecule has 0 saturated carbocycles. The summed E-state index contributed by atoms with van der Waals surface area (Å²) in [6.45, 7) is 0. The van der Waals surface area contributed by atoms with Crippen molar-refractivity contribution < 1.29 is 22.7 Å². The number of carbonyl (C=O) groups is 1. The van der Waals surface area contributed by atoms with Crippen molar-refractivity contribution in [1.82, 2.24) is 4.98 Å². The van der Waals surface area contributed by atoms with Gasteiger partial charge in [0.15, 0.2) is 0 Å². The van der Waals surface area contributed by atoms with Gasteiger partial charge in [0.05, 0.1) is 18.6 Å². The minimum Gasteiger partial charge on any atom is -0.497 e. The molecule has 26 heavy (non-hydrogen) atoms. The lowest BCUT2D eigenvalue weighted by Gasteiger charge is -2.25. The third-order valence-corrected chi connectivity index (χ3v) is 4.47. The summed E-state index contributed by atoms with van der Waals surface area (Å²) in [4.78, 5) is 26.5. The van der Waals surface area contributed by atoms with Gasteiger partial charge < -0.3 is 15.0 Å². The van der Waals surface area contributed by atoms with E-state index >= 15 is 0 Å². The van der Waals surface area contributed by atoms with Crippen molar-refractivity contribution in [2.24, 2.45) is 0 Å². The maximum absolute atomic E-state index is 12.8. The molecule has 1 aromatic heterocycles. The molecular formula is C18H17F3N2O3. The Kier molecular flexibility index (Phi) is 4.76. The van der Waals surface area contributed by atoms with Crippen LogP contribution in [0.15, 0.2) is 35.3 Å². The van der Waals surface area contributed by atoms with E-state index < -0.39 is 34.8 Å². The molecule has 0 saturated heterocycles. The third-order valence-electron chi connectivity index (χ3n) is 4.47. The molecule has 1 amide bonds. The van der Waals surface area contributed by atoms with Crippen LogP contribution >= 0.6 is 0 Å². The molecule has 0 fully saturated rings. The fourth-order valence-electron chi connectivity index (χ4n) is 3.14.